The molecule has 0 aromatic carbocycles. The number of rotatable bonds is 4. The molecule has 0 aromatic heterocycles. The summed E-state index contributed by atoms with van der Waals surface area (Å²) in [4.78, 5) is 19.9. The van der Waals surface area contributed by atoms with Gasteiger partial charge in [0.25, 0.3) is 0 Å². The third-order valence-electron chi connectivity index (χ3n) is 3.06. The smallest absolute Gasteiger partial charge is 0.303 e. The standard InChI is InChI=1S/C10H22NO4P/c1-7(2)10-5-9(15-16(12,13)14)6-11(10)8(3)4/h7-10H,5-6H2,1-4H3,(H2,12,13,14)/t9-,10?/m1/s1. The second-order valence-electron chi connectivity index (χ2n) is 5.06. The first-order valence-electron chi connectivity index (χ1n) is 5.70. The number of nitrogens with zero attached hydrogens (tertiary/aromatic N) is 1. The third kappa shape index (κ3) is 3.82. The summed E-state index contributed by atoms with van der Waals surface area (Å²) in [6, 6.07) is 0.717. The van der Waals surface area contributed by atoms with E-state index in [0.717, 1.165) is 0 Å². The van der Waals surface area contributed by atoms with Gasteiger partial charge in [-0.25, -0.2) is 4.57 Å². The fraction of sp³-hybridized carbons (Fsp3) is 1.00. The van der Waals surface area contributed by atoms with Gasteiger partial charge < -0.3 is 9.79 Å². The van der Waals surface area contributed by atoms with E-state index in [-0.39, 0.29) is 6.10 Å². The molecule has 1 aliphatic rings. The average molecular weight is 251 g/mol. The van der Waals surface area contributed by atoms with Crippen molar-refractivity contribution in [2.24, 2.45) is 5.92 Å². The van der Waals surface area contributed by atoms with E-state index in [1.165, 1.54) is 0 Å². The first-order chi connectivity index (χ1) is 7.20. The van der Waals surface area contributed by atoms with Crippen LogP contribution >= 0.6 is 7.82 Å². The number of phosphoric acid groups is 1. The molecule has 96 valence electrons. The maximum absolute atomic E-state index is 10.8. The van der Waals surface area contributed by atoms with Crippen LogP contribution in [0.15, 0.2) is 0 Å². The van der Waals surface area contributed by atoms with Gasteiger partial charge in [0, 0.05) is 18.6 Å². The lowest BCUT2D eigenvalue weighted by molar-refractivity contribution is 0.127. The van der Waals surface area contributed by atoms with Gasteiger partial charge in [-0.15, -0.1) is 0 Å². The third-order valence-corrected chi connectivity index (χ3v) is 3.64. The van der Waals surface area contributed by atoms with Gasteiger partial charge >= 0.3 is 7.82 Å². The van der Waals surface area contributed by atoms with Crippen LogP contribution in [0.3, 0.4) is 0 Å². The Morgan fingerprint density at radius 1 is 1.31 bits per heavy atom. The van der Waals surface area contributed by atoms with Crippen LogP contribution in [0.25, 0.3) is 0 Å². The fourth-order valence-corrected chi connectivity index (χ4v) is 2.91. The van der Waals surface area contributed by atoms with Gasteiger partial charge in [0.05, 0.1) is 6.10 Å². The Morgan fingerprint density at radius 2 is 1.88 bits per heavy atom. The van der Waals surface area contributed by atoms with Crippen molar-refractivity contribution >= 4 is 7.82 Å². The first kappa shape index (κ1) is 14.1. The van der Waals surface area contributed by atoms with Crippen molar-refractivity contribution in [1.82, 2.24) is 4.90 Å². The zero-order chi connectivity index (χ0) is 12.5. The Balaban J connectivity index is 2.66. The molecule has 0 bridgehead atoms. The molecular formula is C10H22NO4P. The number of phosphoric ester groups is 1. The normalized spacial score (nSPS) is 28.2. The van der Waals surface area contributed by atoms with Crippen molar-refractivity contribution in [1.29, 1.82) is 0 Å². The van der Waals surface area contributed by atoms with E-state index < -0.39 is 7.82 Å². The Morgan fingerprint density at radius 3 is 2.19 bits per heavy atom. The van der Waals surface area contributed by atoms with E-state index in [0.29, 0.717) is 31.0 Å². The van der Waals surface area contributed by atoms with E-state index >= 15 is 0 Å². The van der Waals surface area contributed by atoms with E-state index in [9.17, 15) is 4.57 Å². The largest absolute Gasteiger partial charge is 0.469 e. The van der Waals surface area contributed by atoms with Crippen molar-refractivity contribution in [3.8, 4) is 0 Å². The zero-order valence-corrected chi connectivity index (χ0v) is 11.2. The van der Waals surface area contributed by atoms with E-state index in [1.54, 1.807) is 0 Å². The van der Waals surface area contributed by atoms with Crippen molar-refractivity contribution < 1.29 is 18.9 Å². The lowest BCUT2D eigenvalue weighted by atomic mass is 10.0. The monoisotopic (exact) mass is 251 g/mol. The highest BCUT2D eigenvalue weighted by atomic mass is 31.2. The number of hydrogen-bond donors (Lipinski definition) is 2. The van der Waals surface area contributed by atoms with Crippen LogP contribution in [0.1, 0.15) is 34.1 Å². The summed E-state index contributed by atoms with van der Waals surface area (Å²) in [6.07, 6.45) is 0.344. The maximum atomic E-state index is 10.8. The molecule has 0 saturated carbocycles. The molecule has 1 saturated heterocycles. The van der Waals surface area contributed by atoms with Gasteiger partial charge in [-0.05, 0) is 26.2 Å². The Kier molecular flexibility index (Phi) is 4.55. The zero-order valence-electron chi connectivity index (χ0n) is 10.3. The van der Waals surface area contributed by atoms with Crippen LogP contribution in [0, 0.1) is 5.92 Å². The molecule has 1 unspecified atom stereocenters. The van der Waals surface area contributed by atoms with Gasteiger partial charge in [0.1, 0.15) is 0 Å². The summed E-state index contributed by atoms with van der Waals surface area (Å²) in [7, 11) is -4.36. The highest BCUT2D eigenvalue weighted by molar-refractivity contribution is 7.46. The second-order valence-corrected chi connectivity index (χ2v) is 6.25. The Labute approximate surface area is 97.0 Å². The lowest BCUT2D eigenvalue weighted by Gasteiger charge is -2.30. The minimum atomic E-state index is -4.36. The Hall–Kier alpha value is 0.0700. The van der Waals surface area contributed by atoms with E-state index in [2.05, 4.69) is 32.6 Å². The topological polar surface area (TPSA) is 70.0 Å². The first-order valence-corrected chi connectivity index (χ1v) is 7.23. The summed E-state index contributed by atoms with van der Waals surface area (Å²) in [5, 5.41) is 0. The molecule has 1 heterocycles. The molecule has 0 spiro atoms. The highest BCUT2D eigenvalue weighted by Gasteiger charge is 2.38. The van der Waals surface area contributed by atoms with Crippen LogP contribution in [0.4, 0.5) is 0 Å². The summed E-state index contributed by atoms with van der Waals surface area (Å²) >= 11 is 0. The van der Waals surface area contributed by atoms with Gasteiger partial charge in [0.15, 0.2) is 0 Å². The molecule has 1 aliphatic heterocycles. The van der Waals surface area contributed by atoms with Gasteiger partial charge in [-0.3, -0.25) is 9.42 Å². The van der Waals surface area contributed by atoms with Crippen molar-refractivity contribution in [3.05, 3.63) is 0 Å². The molecule has 1 rings (SSSR count). The van der Waals surface area contributed by atoms with Crippen LogP contribution in [0.2, 0.25) is 0 Å². The molecular weight excluding hydrogens is 229 g/mol. The molecule has 6 heteroatoms. The fourth-order valence-electron chi connectivity index (χ4n) is 2.37. The van der Waals surface area contributed by atoms with E-state index in [4.69, 9.17) is 14.3 Å². The minimum Gasteiger partial charge on any atom is -0.303 e. The molecule has 2 N–H and O–H groups in total. The lowest BCUT2D eigenvalue weighted by Crippen LogP contribution is -2.38. The SMILES string of the molecule is CC(C)C1C[C@@H](OP(=O)(O)O)CN1C(C)C. The maximum Gasteiger partial charge on any atom is 0.469 e. The number of hydrogen-bond acceptors (Lipinski definition) is 3. The molecule has 0 aliphatic carbocycles. The van der Waals surface area contributed by atoms with Crippen LogP contribution < -0.4 is 0 Å². The van der Waals surface area contributed by atoms with Crippen molar-refractivity contribution in [3.63, 3.8) is 0 Å². The summed E-state index contributed by atoms with van der Waals surface area (Å²) in [5.74, 6) is 0.466. The Bertz CT molecular complexity index is 260. The average Bonchev–Trinajstić information content (AvgIpc) is 2.44. The summed E-state index contributed by atoms with van der Waals surface area (Å²) in [5.41, 5.74) is 0. The quantitative estimate of drug-likeness (QED) is 0.743. The van der Waals surface area contributed by atoms with Gasteiger partial charge in [-0.1, -0.05) is 13.8 Å². The van der Waals surface area contributed by atoms with Gasteiger partial charge in [0.2, 0.25) is 0 Å². The van der Waals surface area contributed by atoms with Crippen molar-refractivity contribution in [2.45, 2.75) is 52.3 Å². The van der Waals surface area contributed by atoms with Crippen LogP contribution in [-0.4, -0.2) is 39.4 Å². The minimum absolute atomic E-state index is 0.344. The second kappa shape index (κ2) is 5.15. The van der Waals surface area contributed by atoms with Crippen LogP contribution in [-0.2, 0) is 9.09 Å². The molecule has 0 amide bonds. The van der Waals surface area contributed by atoms with Crippen LogP contribution in [0.5, 0.6) is 0 Å². The molecule has 0 aromatic rings. The molecule has 1 fully saturated rings. The predicted molar refractivity (Wildman–Crippen MR) is 62.0 cm³/mol. The molecule has 2 atom stereocenters. The van der Waals surface area contributed by atoms with Crippen molar-refractivity contribution in [2.75, 3.05) is 6.54 Å². The predicted octanol–water partition coefficient (Wildman–Crippen LogP) is 1.60. The number of likely N-dealkylation sites (tertiary alicyclic amines) is 1. The van der Waals surface area contributed by atoms with Gasteiger partial charge in [-0.2, -0.15) is 0 Å². The molecule has 0 radical (unpaired) electrons. The summed E-state index contributed by atoms with van der Waals surface area (Å²) in [6.45, 7) is 9.04. The summed E-state index contributed by atoms with van der Waals surface area (Å²) < 4.78 is 15.6. The highest BCUT2D eigenvalue weighted by Crippen LogP contribution is 2.41. The molecule has 5 nitrogen and oxygen atoms in total. The molecule has 16 heavy (non-hydrogen) atoms. The van der Waals surface area contributed by atoms with E-state index in [1.807, 2.05) is 0 Å².